The van der Waals surface area contributed by atoms with Gasteiger partial charge in [-0.1, -0.05) is 35.3 Å². The van der Waals surface area contributed by atoms with Crippen LogP contribution in [0.25, 0.3) is 0 Å². The molecule has 138 valence electrons. The standard InChI is InChI=1S/C21H24Cl2N2O/c1-14-8-9-17(11-15(14)2)24-21(26)16-5-4-10-25(12-16)13-18-19(22)6-3-7-20(18)23/h3,6-9,11,16H,4-5,10,12-13H2,1-2H3,(H,24,26). The fourth-order valence-corrected chi connectivity index (χ4v) is 3.90. The first-order chi connectivity index (χ1) is 12.4. The van der Waals surface area contributed by atoms with Gasteiger partial charge in [-0.3, -0.25) is 9.69 Å². The van der Waals surface area contributed by atoms with Crippen molar-refractivity contribution in [1.82, 2.24) is 4.90 Å². The van der Waals surface area contributed by atoms with Crippen LogP contribution in [0.15, 0.2) is 36.4 Å². The van der Waals surface area contributed by atoms with Crippen molar-refractivity contribution in [1.29, 1.82) is 0 Å². The molecule has 1 unspecified atom stereocenters. The molecule has 1 heterocycles. The molecule has 0 saturated carbocycles. The van der Waals surface area contributed by atoms with Gasteiger partial charge in [0.1, 0.15) is 0 Å². The first kappa shape index (κ1) is 19.2. The summed E-state index contributed by atoms with van der Waals surface area (Å²) in [5.74, 6) is 0.0647. The van der Waals surface area contributed by atoms with E-state index in [2.05, 4.69) is 24.1 Å². The van der Waals surface area contributed by atoms with Gasteiger partial charge in [-0.25, -0.2) is 0 Å². The Bertz CT molecular complexity index is 786. The third-order valence-electron chi connectivity index (χ3n) is 5.09. The number of likely N-dealkylation sites (tertiary alicyclic amines) is 1. The molecule has 0 bridgehead atoms. The summed E-state index contributed by atoms with van der Waals surface area (Å²) >= 11 is 12.6. The van der Waals surface area contributed by atoms with Crippen LogP contribution in [0.2, 0.25) is 10.0 Å². The van der Waals surface area contributed by atoms with Crippen molar-refractivity contribution in [3.05, 3.63) is 63.1 Å². The number of anilines is 1. The highest BCUT2D eigenvalue weighted by molar-refractivity contribution is 6.35. The molecule has 0 radical (unpaired) electrons. The SMILES string of the molecule is Cc1ccc(NC(=O)C2CCCN(Cc3c(Cl)cccc3Cl)C2)cc1C. The van der Waals surface area contributed by atoms with Gasteiger partial charge >= 0.3 is 0 Å². The number of halogens is 2. The summed E-state index contributed by atoms with van der Waals surface area (Å²) < 4.78 is 0. The topological polar surface area (TPSA) is 32.3 Å². The molecule has 3 rings (SSSR count). The fourth-order valence-electron chi connectivity index (χ4n) is 3.38. The molecule has 0 aromatic heterocycles. The van der Waals surface area contributed by atoms with E-state index in [4.69, 9.17) is 23.2 Å². The summed E-state index contributed by atoms with van der Waals surface area (Å²) in [5.41, 5.74) is 4.21. The van der Waals surface area contributed by atoms with Crippen LogP contribution in [0.5, 0.6) is 0 Å². The highest BCUT2D eigenvalue weighted by Crippen LogP contribution is 2.28. The molecule has 2 aromatic rings. The van der Waals surface area contributed by atoms with Crippen molar-refractivity contribution in [2.45, 2.75) is 33.2 Å². The summed E-state index contributed by atoms with van der Waals surface area (Å²) in [6.07, 6.45) is 1.90. The summed E-state index contributed by atoms with van der Waals surface area (Å²) in [6, 6.07) is 11.6. The maximum Gasteiger partial charge on any atom is 0.228 e. The third kappa shape index (κ3) is 4.59. The van der Waals surface area contributed by atoms with Crippen LogP contribution in [-0.4, -0.2) is 23.9 Å². The van der Waals surface area contributed by atoms with Gasteiger partial charge in [-0.05, 0) is 68.6 Å². The molecule has 26 heavy (non-hydrogen) atoms. The van der Waals surface area contributed by atoms with Gasteiger partial charge in [0, 0.05) is 34.4 Å². The smallest absolute Gasteiger partial charge is 0.228 e. The van der Waals surface area contributed by atoms with Crippen molar-refractivity contribution < 1.29 is 4.79 Å². The number of carbonyl (C=O) groups excluding carboxylic acids is 1. The minimum absolute atomic E-state index is 0.0216. The number of hydrogen-bond donors (Lipinski definition) is 1. The van der Waals surface area contributed by atoms with Crippen molar-refractivity contribution in [3.63, 3.8) is 0 Å². The Labute approximate surface area is 165 Å². The molecular formula is C21H24Cl2N2O. The van der Waals surface area contributed by atoms with Gasteiger partial charge in [-0.15, -0.1) is 0 Å². The molecule has 3 nitrogen and oxygen atoms in total. The van der Waals surface area contributed by atoms with E-state index in [0.29, 0.717) is 16.6 Å². The predicted octanol–water partition coefficient (Wildman–Crippen LogP) is 5.46. The normalized spacial score (nSPS) is 17.9. The van der Waals surface area contributed by atoms with Crippen LogP contribution in [0.1, 0.15) is 29.5 Å². The van der Waals surface area contributed by atoms with E-state index in [1.807, 2.05) is 36.4 Å². The van der Waals surface area contributed by atoms with E-state index < -0.39 is 0 Å². The highest BCUT2D eigenvalue weighted by atomic mass is 35.5. The van der Waals surface area contributed by atoms with Crippen LogP contribution < -0.4 is 5.32 Å². The Kier molecular flexibility index (Phi) is 6.23. The summed E-state index contributed by atoms with van der Waals surface area (Å²) in [7, 11) is 0. The zero-order chi connectivity index (χ0) is 18.7. The van der Waals surface area contributed by atoms with Gasteiger partial charge in [0.2, 0.25) is 5.91 Å². The average Bonchev–Trinajstić information content (AvgIpc) is 2.62. The molecule has 1 fully saturated rings. The Morgan fingerprint density at radius 1 is 1.15 bits per heavy atom. The van der Waals surface area contributed by atoms with Crippen LogP contribution >= 0.6 is 23.2 Å². The lowest BCUT2D eigenvalue weighted by Gasteiger charge is -2.32. The second-order valence-corrected chi connectivity index (χ2v) is 7.88. The van der Waals surface area contributed by atoms with E-state index in [1.54, 1.807) is 0 Å². The van der Waals surface area contributed by atoms with Gasteiger partial charge in [0.05, 0.1) is 5.92 Å². The minimum Gasteiger partial charge on any atom is -0.326 e. The fraction of sp³-hybridized carbons (Fsp3) is 0.381. The largest absolute Gasteiger partial charge is 0.326 e. The zero-order valence-electron chi connectivity index (χ0n) is 15.2. The first-order valence-electron chi connectivity index (χ1n) is 8.97. The number of aryl methyl sites for hydroxylation is 2. The van der Waals surface area contributed by atoms with E-state index >= 15 is 0 Å². The monoisotopic (exact) mass is 390 g/mol. The number of carbonyl (C=O) groups is 1. The Morgan fingerprint density at radius 2 is 1.88 bits per heavy atom. The molecule has 1 aliphatic heterocycles. The van der Waals surface area contributed by atoms with E-state index in [-0.39, 0.29) is 11.8 Å². The van der Waals surface area contributed by atoms with Crippen molar-refractivity contribution in [3.8, 4) is 0 Å². The van der Waals surface area contributed by atoms with Gasteiger partial charge in [0.25, 0.3) is 0 Å². The second-order valence-electron chi connectivity index (χ2n) is 7.06. The predicted molar refractivity (Wildman–Crippen MR) is 109 cm³/mol. The molecule has 0 aliphatic carbocycles. The molecule has 1 N–H and O–H groups in total. The maximum atomic E-state index is 12.7. The summed E-state index contributed by atoms with van der Waals surface area (Å²) in [5, 5.41) is 4.43. The van der Waals surface area contributed by atoms with Crippen LogP contribution in [0.4, 0.5) is 5.69 Å². The molecule has 0 spiro atoms. The first-order valence-corrected chi connectivity index (χ1v) is 9.73. The Balaban J connectivity index is 1.64. The third-order valence-corrected chi connectivity index (χ3v) is 5.80. The average molecular weight is 391 g/mol. The van der Waals surface area contributed by atoms with Gasteiger partial charge in [0.15, 0.2) is 0 Å². The number of piperidine rings is 1. The molecule has 1 saturated heterocycles. The van der Waals surface area contributed by atoms with E-state index in [9.17, 15) is 4.79 Å². The number of rotatable bonds is 4. The number of amides is 1. The molecule has 1 atom stereocenters. The number of nitrogens with one attached hydrogen (secondary N) is 1. The Hall–Kier alpha value is -1.55. The van der Waals surface area contributed by atoms with E-state index in [1.165, 1.54) is 11.1 Å². The molecule has 2 aromatic carbocycles. The lowest BCUT2D eigenvalue weighted by atomic mass is 9.96. The number of hydrogen-bond acceptors (Lipinski definition) is 2. The maximum absolute atomic E-state index is 12.7. The Morgan fingerprint density at radius 3 is 2.58 bits per heavy atom. The summed E-state index contributed by atoms with van der Waals surface area (Å²) in [6.45, 7) is 6.47. The quantitative estimate of drug-likeness (QED) is 0.751. The van der Waals surface area contributed by atoms with Crippen LogP contribution in [0.3, 0.4) is 0 Å². The lowest BCUT2D eigenvalue weighted by molar-refractivity contribution is -0.121. The number of nitrogens with zero attached hydrogens (tertiary/aromatic N) is 1. The van der Waals surface area contributed by atoms with E-state index in [0.717, 1.165) is 37.2 Å². The minimum atomic E-state index is -0.0216. The molecule has 5 heteroatoms. The highest BCUT2D eigenvalue weighted by Gasteiger charge is 2.26. The van der Waals surface area contributed by atoms with Crippen molar-refractivity contribution in [2.24, 2.45) is 5.92 Å². The number of benzene rings is 2. The summed E-state index contributed by atoms with van der Waals surface area (Å²) in [4.78, 5) is 15.0. The molecule has 1 amide bonds. The van der Waals surface area contributed by atoms with Crippen molar-refractivity contribution >= 4 is 34.8 Å². The van der Waals surface area contributed by atoms with Crippen molar-refractivity contribution in [2.75, 3.05) is 18.4 Å². The van der Waals surface area contributed by atoms with Gasteiger partial charge in [-0.2, -0.15) is 0 Å². The van der Waals surface area contributed by atoms with Gasteiger partial charge < -0.3 is 5.32 Å². The molecule has 1 aliphatic rings. The molecular weight excluding hydrogens is 367 g/mol. The second kappa shape index (κ2) is 8.43. The lowest BCUT2D eigenvalue weighted by Crippen LogP contribution is -2.40. The van der Waals surface area contributed by atoms with Crippen LogP contribution in [-0.2, 0) is 11.3 Å². The van der Waals surface area contributed by atoms with Crippen LogP contribution in [0, 0.1) is 19.8 Å². The zero-order valence-corrected chi connectivity index (χ0v) is 16.7.